The van der Waals surface area contributed by atoms with Crippen molar-refractivity contribution in [3.8, 4) is 0 Å². The number of hydrogen-bond donors (Lipinski definition) is 1. The first-order valence-electron chi connectivity index (χ1n) is 11.1. The van der Waals surface area contributed by atoms with E-state index < -0.39 is 0 Å². The van der Waals surface area contributed by atoms with Gasteiger partial charge in [0.05, 0.1) is 0 Å². The van der Waals surface area contributed by atoms with Crippen LogP contribution in [0.4, 0.5) is 0 Å². The smallest absolute Gasteiger partial charge is 0.00130 e. The largest absolute Gasteiger partial charge is 0.328 e. The van der Waals surface area contributed by atoms with Crippen LogP contribution >= 0.6 is 0 Å². The summed E-state index contributed by atoms with van der Waals surface area (Å²) < 4.78 is 0. The van der Waals surface area contributed by atoms with Crippen molar-refractivity contribution < 1.29 is 0 Å². The van der Waals surface area contributed by atoms with E-state index in [1.807, 2.05) is 0 Å². The van der Waals surface area contributed by atoms with Gasteiger partial charge in [0.15, 0.2) is 0 Å². The second-order valence-corrected chi connectivity index (χ2v) is 9.21. The van der Waals surface area contributed by atoms with Gasteiger partial charge in [0, 0.05) is 6.04 Å². The molecule has 0 aromatic carbocycles. The highest BCUT2D eigenvalue weighted by atomic mass is 14.6. The van der Waals surface area contributed by atoms with E-state index in [1.54, 1.807) is 5.57 Å². The molecule has 2 N–H and O–H groups in total. The summed E-state index contributed by atoms with van der Waals surface area (Å²) in [7, 11) is 0. The first kappa shape index (κ1) is 24.7. The molecule has 0 saturated heterocycles. The molecule has 0 fully saturated rings. The van der Waals surface area contributed by atoms with Crippen LogP contribution in [0.15, 0.2) is 11.6 Å². The van der Waals surface area contributed by atoms with Crippen molar-refractivity contribution in [1.82, 2.24) is 0 Å². The highest BCUT2D eigenvalue weighted by Gasteiger charge is 2.32. The van der Waals surface area contributed by atoms with Crippen molar-refractivity contribution in [3.63, 3.8) is 0 Å². The van der Waals surface area contributed by atoms with Gasteiger partial charge in [0.1, 0.15) is 0 Å². The average Bonchev–Trinajstić information content (AvgIpc) is 2.55. The Hall–Kier alpha value is -0.300. The molecular formula is C24H49N. The quantitative estimate of drug-likeness (QED) is 0.318. The molecule has 0 amide bonds. The predicted molar refractivity (Wildman–Crippen MR) is 116 cm³/mol. The number of hydrogen-bond acceptors (Lipinski definition) is 1. The number of nitrogens with two attached hydrogens (primary N) is 1. The highest BCUT2D eigenvalue weighted by molar-refractivity contribution is 5.03. The molecule has 150 valence electrons. The fourth-order valence-electron chi connectivity index (χ4n) is 4.37. The van der Waals surface area contributed by atoms with Gasteiger partial charge in [-0.2, -0.15) is 0 Å². The van der Waals surface area contributed by atoms with E-state index in [9.17, 15) is 0 Å². The first-order chi connectivity index (χ1) is 11.7. The molecule has 0 spiro atoms. The van der Waals surface area contributed by atoms with Crippen molar-refractivity contribution in [1.29, 1.82) is 0 Å². The SMILES string of the molecule is CCCC(CC)C(C/C=C(/CC)CCC(C)CC(C)N)C(C)(C)CC. The lowest BCUT2D eigenvalue weighted by Crippen LogP contribution is -2.30. The topological polar surface area (TPSA) is 26.0 Å². The average molecular weight is 352 g/mol. The second kappa shape index (κ2) is 13.0. The molecule has 4 atom stereocenters. The Morgan fingerprint density at radius 3 is 2.12 bits per heavy atom. The molecule has 0 saturated carbocycles. The lowest BCUT2D eigenvalue weighted by molar-refractivity contribution is 0.123. The summed E-state index contributed by atoms with van der Waals surface area (Å²) >= 11 is 0. The van der Waals surface area contributed by atoms with Crippen molar-refractivity contribution in [2.45, 2.75) is 119 Å². The van der Waals surface area contributed by atoms with Crippen molar-refractivity contribution >= 4 is 0 Å². The van der Waals surface area contributed by atoms with Crippen LogP contribution < -0.4 is 5.73 Å². The Balaban J connectivity index is 4.97. The van der Waals surface area contributed by atoms with Gasteiger partial charge >= 0.3 is 0 Å². The molecule has 0 heterocycles. The Bertz CT molecular complexity index is 353. The molecular weight excluding hydrogens is 302 g/mol. The molecule has 0 aromatic rings. The summed E-state index contributed by atoms with van der Waals surface area (Å²) in [6.07, 6.45) is 14.1. The summed E-state index contributed by atoms with van der Waals surface area (Å²) in [5.41, 5.74) is 8.06. The predicted octanol–water partition coefficient (Wildman–Crippen LogP) is 7.75. The fraction of sp³-hybridized carbons (Fsp3) is 0.917. The Labute approximate surface area is 160 Å². The summed E-state index contributed by atoms with van der Waals surface area (Å²) in [5.74, 6) is 2.41. The van der Waals surface area contributed by atoms with Crippen LogP contribution in [-0.2, 0) is 0 Å². The molecule has 0 rings (SSSR count). The van der Waals surface area contributed by atoms with E-state index in [-0.39, 0.29) is 0 Å². The molecule has 25 heavy (non-hydrogen) atoms. The van der Waals surface area contributed by atoms with Crippen LogP contribution in [0.25, 0.3) is 0 Å². The Kier molecular flexibility index (Phi) is 12.8. The summed E-state index contributed by atoms with van der Waals surface area (Å²) in [6, 6.07) is 0.332. The molecule has 0 aliphatic heterocycles. The first-order valence-corrected chi connectivity index (χ1v) is 11.1. The van der Waals surface area contributed by atoms with Crippen LogP contribution in [0.1, 0.15) is 113 Å². The van der Waals surface area contributed by atoms with Crippen molar-refractivity contribution in [2.75, 3.05) is 0 Å². The molecule has 0 aromatic heterocycles. The van der Waals surface area contributed by atoms with E-state index in [1.165, 1.54) is 51.4 Å². The summed E-state index contributed by atoms with van der Waals surface area (Å²) in [4.78, 5) is 0. The molecule has 1 heteroatoms. The standard InChI is InChI=1S/C24H49N/c1-9-13-22(11-3)23(24(7,8)12-4)17-16-21(10-2)15-14-19(5)18-20(6)25/h16,19-20,22-23H,9-15,17-18,25H2,1-8H3/b21-16-. The van der Waals surface area contributed by atoms with Crippen LogP contribution in [0.5, 0.6) is 0 Å². The fourth-order valence-corrected chi connectivity index (χ4v) is 4.37. The normalized spacial score (nSPS) is 18.0. The summed E-state index contributed by atoms with van der Waals surface area (Å²) in [6.45, 7) is 18.9. The van der Waals surface area contributed by atoms with Crippen LogP contribution in [-0.4, -0.2) is 6.04 Å². The van der Waals surface area contributed by atoms with E-state index in [2.05, 4.69) is 61.5 Å². The third-order valence-electron chi connectivity index (χ3n) is 6.51. The van der Waals surface area contributed by atoms with E-state index in [0.29, 0.717) is 11.5 Å². The zero-order valence-electron chi connectivity index (χ0n) is 18.8. The Morgan fingerprint density at radius 1 is 1.04 bits per heavy atom. The maximum absolute atomic E-state index is 5.96. The minimum atomic E-state index is 0.332. The zero-order chi connectivity index (χ0) is 19.5. The minimum Gasteiger partial charge on any atom is -0.328 e. The van der Waals surface area contributed by atoms with E-state index in [4.69, 9.17) is 5.73 Å². The van der Waals surface area contributed by atoms with Gasteiger partial charge in [0.25, 0.3) is 0 Å². The molecule has 0 bridgehead atoms. The van der Waals surface area contributed by atoms with Gasteiger partial charge in [0.2, 0.25) is 0 Å². The molecule has 4 unspecified atom stereocenters. The zero-order valence-corrected chi connectivity index (χ0v) is 18.8. The van der Waals surface area contributed by atoms with Gasteiger partial charge in [-0.25, -0.2) is 0 Å². The lowest BCUT2D eigenvalue weighted by Gasteiger charge is -2.39. The Morgan fingerprint density at radius 2 is 1.68 bits per heavy atom. The van der Waals surface area contributed by atoms with Gasteiger partial charge in [-0.15, -0.1) is 0 Å². The van der Waals surface area contributed by atoms with Gasteiger partial charge in [-0.05, 0) is 62.2 Å². The monoisotopic (exact) mass is 351 g/mol. The van der Waals surface area contributed by atoms with Gasteiger partial charge in [-0.3, -0.25) is 0 Å². The number of rotatable bonds is 14. The third kappa shape index (κ3) is 9.83. The number of allylic oxidation sites excluding steroid dienone is 2. The second-order valence-electron chi connectivity index (χ2n) is 9.21. The van der Waals surface area contributed by atoms with Gasteiger partial charge < -0.3 is 5.73 Å². The van der Waals surface area contributed by atoms with Crippen molar-refractivity contribution in [3.05, 3.63) is 11.6 Å². The van der Waals surface area contributed by atoms with Crippen molar-refractivity contribution in [2.24, 2.45) is 28.9 Å². The molecule has 1 nitrogen and oxygen atoms in total. The third-order valence-corrected chi connectivity index (χ3v) is 6.51. The molecule has 0 radical (unpaired) electrons. The summed E-state index contributed by atoms with van der Waals surface area (Å²) in [5, 5.41) is 0. The lowest BCUT2D eigenvalue weighted by atomic mass is 9.66. The maximum Gasteiger partial charge on any atom is 0.00130 e. The minimum absolute atomic E-state index is 0.332. The van der Waals surface area contributed by atoms with Gasteiger partial charge in [-0.1, -0.05) is 85.8 Å². The molecule has 0 aliphatic rings. The van der Waals surface area contributed by atoms with E-state index in [0.717, 1.165) is 24.2 Å². The van der Waals surface area contributed by atoms with Crippen LogP contribution in [0.3, 0.4) is 0 Å². The highest BCUT2D eigenvalue weighted by Crippen LogP contribution is 2.42. The van der Waals surface area contributed by atoms with Crippen LogP contribution in [0.2, 0.25) is 0 Å². The van der Waals surface area contributed by atoms with E-state index >= 15 is 0 Å². The van der Waals surface area contributed by atoms with Crippen LogP contribution in [0, 0.1) is 23.2 Å². The maximum atomic E-state index is 5.96. The molecule has 0 aliphatic carbocycles.